The zero-order valence-electron chi connectivity index (χ0n) is 13.5. The molecular formula is C16H20N2O5. The summed E-state index contributed by atoms with van der Waals surface area (Å²) in [6.07, 6.45) is 0.766. The van der Waals surface area contributed by atoms with Gasteiger partial charge in [0.25, 0.3) is 0 Å². The number of H-pyrrole nitrogens is 1. The first-order valence-electron chi connectivity index (χ1n) is 7.08. The Bertz CT molecular complexity index is 730. The molecule has 1 atom stereocenters. The number of benzene rings is 1. The highest BCUT2D eigenvalue weighted by molar-refractivity contribution is 5.91. The molecule has 1 aromatic heterocycles. The lowest BCUT2D eigenvalue weighted by Gasteiger charge is -2.22. The summed E-state index contributed by atoms with van der Waals surface area (Å²) in [4.78, 5) is 26.5. The maximum atomic E-state index is 11.9. The fourth-order valence-electron chi connectivity index (χ4n) is 2.19. The number of carbonyl (C=O) groups excluding carboxylic acids is 1. The number of aromatic nitrogens is 1. The second kappa shape index (κ2) is 6.20. The number of hydrogen-bond donors (Lipinski definition) is 3. The number of ether oxygens (including phenoxy) is 2. The molecule has 0 aliphatic heterocycles. The molecule has 0 spiro atoms. The van der Waals surface area contributed by atoms with E-state index in [2.05, 4.69) is 10.3 Å². The highest BCUT2D eigenvalue weighted by Crippen LogP contribution is 2.28. The maximum Gasteiger partial charge on any atom is 0.408 e. The van der Waals surface area contributed by atoms with Gasteiger partial charge in [-0.3, -0.25) is 0 Å². The quantitative estimate of drug-likeness (QED) is 0.804. The van der Waals surface area contributed by atoms with E-state index in [9.17, 15) is 14.7 Å². The fourth-order valence-corrected chi connectivity index (χ4v) is 2.19. The second-order valence-corrected chi connectivity index (χ2v) is 6.07. The van der Waals surface area contributed by atoms with Gasteiger partial charge in [-0.25, -0.2) is 9.59 Å². The molecule has 2 aromatic rings. The Hall–Kier alpha value is -2.70. The summed E-state index contributed by atoms with van der Waals surface area (Å²) in [6, 6.07) is 4.03. The molecule has 1 heterocycles. The minimum Gasteiger partial charge on any atom is -0.497 e. The zero-order valence-corrected chi connectivity index (χ0v) is 13.5. The standard InChI is InChI=1S/C16H20N2O5/c1-16(2,3)23-15(21)18-13(14(19)20)11-8-17-12-6-5-9(22-4)7-10(11)12/h5-8,13,17H,1-4H3,(H,18,21)(H,19,20). The highest BCUT2D eigenvalue weighted by atomic mass is 16.6. The Morgan fingerprint density at radius 3 is 2.57 bits per heavy atom. The van der Waals surface area contributed by atoms with Gasteiger partial charge in [0.1, 0.15) is 11.4 Å². The topological polar surface area (TPSA) is 101 Å². The molecule has 0 fully saturated rings. The second-order valence-electron chi connectivity index (χ2n) is 6.07. The van der Waals surface area contributed by atoms with Crippen LogP contribution in [0.3, 0.4) is 0 Å². The molecule has 0 aliphatic carbocycles. The van der Waals surface area contributed by atoms with Gasteiger partial charge in [0, 0.05) is 22.7 Å². The zero-order chi connectivity index (χ0) is 17.2. The van der Waals surface area contributed by atoms with Gasteiger partial charge >= 0.3 is 12.1 Å². The van der Waals surface area contributed by atoms with E-state index in [0.29, 0.717) is 16.7 Å². The van der Waals surface area contributed by atoms with E-state index in [0.717, 1.165) is 5.52 Å². The average Bonchev–Trinajstić information content (AvgIpc) is 2.85. The Balaban J connectivity index is 2.34. The van der Waals surface area contributed by atoms with Gasteiger partial charge in [0.05, 0.1) is 7.11 Å². The third-order valence-corrected chi connectivity index (χ3v) is 3.14. The van der Waals surface area contributed by atoms with Crippen molar-refractivity contribution >= 4 is 23.0 Å². The number of aliphatic carboxylic acids is 1. The lowest BCUT2D eigenvalue weighted by molar-refractivity contribution is -0.139. The predicted molar refractivity (Wildman–Crippen MR) is 84.6 cm³/mol. The van der Waals surface area contributed by atoms with Crippen molar-refractivity contribution in [1.29, 1.82) is 0 Å². The van der Waals surface area contributed by atoms with Gasteiger partial charge in [-0.1, -0.05) is 0 Å². The van der Waals surface area contributed by atoms with Gasteiger partial charge in [-0.2, -0.15) is 0 Å². The summed E-state index contributed by atoms with van der Waals surface area (Å²) < 4.78 is 10.3. The number of hydrogen-bond acceptors (Lipinski definition) is 4. The summed E-state index contributed by atoms with van der Waals surface area (Å²) in [5.74, 6) is -0.584. The number of aromatic amines is 1. The van der Waals surface area contributed by atoms with E-state index in [-0.39, 0.29) is 0 Å². The molecule has 0 radical (unpaired) electrons. The van der Waals surface area contributed by atoms with E-state index in [1.54, 1.807) is 45.2 Å². The number of carbonyl (C=O) groups is 2. The molecule has 124 valence electrons. The summed E-state index contributed by atoms with van der Waals surface area (Å²) in [6.45, 7) is 5.12. The molecule has 0 bridgehead atoms. The van der Waals surface area contributed by atoms with E-state index in [1.165, 1.54) is 7.11 Å². The van der Waals surface area contributed by atoms with Gasteiger partial charge in [-0.05, 0) is 39.0 Å². The Morgan fingerprint density at radius 2 is 2.00 bits per heavy atom. The van der Waals surface area contributed by atoms with Gasteiger partial charge in [0.15, 0.2) is 6.04 Å². The van der Waals surface area contributed by atoms with Gasteiger partial charge in [-0.15, -0.1) is 0 Å². The Labute approximate surface area is 133 Å². The van der Waals surface area contributed by atoms with Crippen molar-refractivity contribution in [2.24, 2.45) is 0 Å². The Kier molecular flexibility index (Phi) is 4.49. The predicted octanol–water partition coefficient (Wildman–Crippen LogP) is 2.83. The monoisotopic (exact) mass is 320 g/mol. The number of rotatable bonds is 4. The van der Waals surface area contributed by atoms with Crippen LogP contribution in [-0.2, 0) is 9.53 Å². The minimum absolute atomic E-state index is 0.428. The van der Waals surface area contributed by atoms with Gasteiger partial charge in [0.2, 0.25) is 0 Å². The molecule has 1 aromatic carbocycles. The Morgan fingerprint density at radius 1 is 1.30 bits per heavy atom. The van der Waals surface area contributed by atoms with Crippen LogP contribution < -0.4 is 10.1 Å². The first kappa shape index (κ1) is 16.7. The van der Waals surface area contributed by atoms with E-state index < -0.39 is 23.7 Å². The molecule has 1 amide bonds. The molecule has 2 rings (SSSR count). The maximum absolute atomic E-state index is 11.9. The van der Waals surface area contributed by atoms with Crippen LogP contribution >= 0.6 is 0 Å². The van der Waals surface area contributed by atoms with Crippen LogP contribution in [0.4, 0.5) is 4.79 Å². The number of carboxylic acid groups (broad SMARTS) is 1. The number of nitrogens with one attached hydrogen (secondary N) is 2. The number of amides is 1. The molecule has 1 unspecified atom stereocenters. The van der Waals surface area contributed by atoms with Crippen molar-refractivity contribution in [3.8, 4) is 5.75 Å². The number of methoxy groups -OCH3 is 1. The normalized spacial score (nSPS) is 12.7. The van der Waals surface area contributed by atoms with Crippen LogP contribution in [0.15, 0.2) is 24.4 Å². The first-order chi connectivity index (χ1) is 10.7. The number of alkyl carbamates (subject to hydrolysis) is 1. The fraction of sp³-hybridized carbons (Fsp3) is 0.375. The van der Waals surface area contributed by atoms with Crippen molar-refractivity contribution in [2.45, 2.75) is 32.4 Å². The van der Waals surface area contributed by atoms with E-state index >= 15 is 0 Å². The average molecular weight is 320 g/mol. The van der Waals surface area contributed by atoms with Crippen molar-refractivity contribution in [3.63, 3.8) is 0 Å². The van der Waals surface area contributed by atoms with Crippen molar-refractivity contribution in [3.05, 3.63) is 30.0 Å². The lowest BCUT2D eigenvalue weighted by atomic mass is 10.1. The molecule has 0 saturated heterocycles. The lowest BCUT2D eigenvalue weighted by Crippen LogP contribution is -2.38. The smallest absolute Gasteiger partial charge is 0.408 e. The van der Waals surface area contributed by atoms with E-state index in [1.807, 2.05) is 0 Å². The van der Waals surface area contributed by atoms with Crippen molar-refractivity contribution in [1.82, 2.24) is 10.3 Å². The minimum atomic E-state index is -1.23. The van der Waals surface area contributed by atoms with Gasteiger partial charge < -0.3 is 24.9 Å². The molecular weight excluding hydrogens is 300 g/mol. The van der Waals surface area contributed by atoms with Crippen LogP contribution in [0.5, 0.6) is 5.75 Å². The summed E-state index contributed by atoms with van der Waals surface area (Å²) in [7, 11) is 1.53. The van der Waals surface area contributed by atoms with Crippen LogP contribution in [0.25, 0.3) is 10.9 Å². The summed E-state index contributed by atoms with van der Waals surface area (Å²) >= 11 is 0. The van der Waals surface area contributed by atoms with Crippen LogP contribution in [0.2, 0.25) is 0 Å². The summed E-state index contributed by atoms with van der Waals surface area (Å²) in [5.41, 5.74) is 0.464. The highest BCUT2D eigenvalue weighted by Gasteiger charge is 2.27. The summed E-state index contributed by atoms with van der Waals surface area (Å²) in [5, 5.41) is 12.5. The van der Waals surface area contributed by atoms with Crippen molar-refractivity contribution in [2.75, 3.05) is 7.11 Å². The molecule has 0 aliphatic rings. The molecule has 7 heteroatoms. The third kappa shape index (κ3) is 3.94. The molecule has 3 N–H and O–H groups in total. The largest absolute Gasteiger partial charge is 0.497 e. The molecule has 7 nitrogen and oxygen atoms in total. The number of carboxylic acids is 1. The SMILES string of the molecule is COc1ccc2[nH]cc(C(NC(=O)OC(C)(C)C)C(=O)O)c2c1. The first-order valence-corrected chi connectivity index (χ1v) is 7.08. The van der Waals surface area contributed by atoms with Crippen LogP contribution in [0, 0.1) is 0 Å². The van der Waals surface area contributed by atoms with Crippen LogP contribution in [0.1, 0.15) is 32.4 Å². The molecule has 23 heavy (non-hydrogen) atoms. The van der Waals surface area contributed by atoms with Crippen LogP contribution in [-0.4, -0.2) is 34.9 Å². The number of fused-ring (bicyclic) bond motifs is 1. The van der Waals surface area contributed by atoms with Crippen molar-refractivity contribution < 1.29 is 24.2 Å². The third-order valence-electron chi connectivity index (χ3n) is 3.14. The van der Waals surface area contributed by atoms with E-state index in [4.69, 9.17) is 9.47 Å². The molecule has 0 saturated carbocycles.